The second-order valence-corrected chi connectivity index (χ2v) is 6.45. The van der Waals surface area contributed by atoms with Crippen molar-refractivity contribution in [3.8, 4) is 17.3 Å². The van der Waals surface area contributed by atoms with Crippen LogP contribution in [0, 0.1) is 17.1 Å². The number of hydrogen-bond donors (Lipinski definition) is 2. The van der Waals surface area contributed by atoms with Crippen molar-refractivity contribution in [2.45, 2.75) is 0 Å². The average Bonchev–Trinajstić information content (AvgIpc) is 2.68. The van der Waals surface area contributed by atoms with E-state index in [4.69, 9.17) is 11.6 Å². The topological polar surface area (TPSA) is 93.9 Å². The van der Waals surface area contributed by atoms with Gasteiger partial charge in [-0.15, -0.1) is 0 Å². The van der Waals surface area contributed by atoms with Crippen LogP contribution in [0.4, 0.5) is 10.3 Å². The number of nitriles is 1. The predicted molar refractivity (Wildman–Crippen MR) is 105 cm³/mol. The number of H-pyrrole nitrogens is 1. The molecule has 0 aliphatic heterocycles. The van der Waals surface area contributed by atoms with Gasteiger partial charge in [0.15, 0.2) is 0 Å². The molecule has 1 aromatic heterocycles. The molecule has 6 nitrogen and oxygen atoms in total. The maximum Gasteiger partial charge on any atom is 0.270 e. The highest BCUT2D eigenvalue weighted by atomic mass is 79.9. The summed E-state index contributed by atoms with van der Waals surface area (Å²) < 4.78 is 14.2. The predicted octanol–water partition coefficient (Wildman–Crippen LogP) is 4.31. The molecule has 9 heteroatoms. The molecule has 3 aromatic rings. The zero-order chi connectivity index (χ0) is 19.4. The van der Waals surface area contributed by atoms with Crippen LogP contribution in [-0.4, -0.2) is 16.2 Å². The quantitative estimate of drug-likeness (QED) is 0.355. The fourth-order valence-corrected chi connectivity index (χ4v) is 2.75. The van der Waals surface area contributed by atoms with Crippen molar-refractivity contribution in [2.24, 2.45) is 5.10 Å². The monoisotopic (exact) mass is 445 g/mol. The molecule has 0 saturated heterocycles. The van der Waals surface area contributed by atoms with E-state index in [1.54, 1.807) is 24.3 Å². The lowest BCUT2D eigenvalue weighted by Crippen LogP contribution is -2.16. The standard InChI is InChI=1S/C18H10BrClFN5O/c19-14-13(20)7-6-11(15(14)21)9-23-26-18-24-16(10-4-2-1-3-5-10)12(8-22)17(27)25-18/h1-7,9H,(H2,24,25,26,27). The van der Waals surface area contributed by atoms with Gasteiger partial charge in [-0.1, -0.05) is 41.9 Å². The van der Waals surface area contributed by atoms with Gasteiger partial charge in [0.2, 0.25) is 5.95 Å². The first-order valence-corrected chi connectivity index (χ1v) is 8.70. The first-order valence-electron chi connectivity index (χ1n) is 7.53. The molecule has 2 aromatic carbocycles. The van der Waals surface area contributed by atoms with Crippen LogP contribution in [0.2, 0.25) is 5.02 Å². The van der Waals surface area contributed by atoms with Gasteiger partial charge in [-0.05, 0) is 28.1 Å². The summed E-state index contributed by atoms with van der Waals surface area (Å²) >= 11 is 8.86. The number of halogens is 3. The maximum absolute atomic E-state index is 14.1. The largest absolute Gasteiger partial charge is 0.290 e. The molecule has 0 spiro atoms. The zero-order valence-electron chi connectivity index (χ0n) is 13.5. The fraction of sp³-hybridized carbons (Fsp3) is 0. The fourth-order valence-electron chi connectivity index (χ4n) is 2.24. The molecule has 134 valence electrons. The van der Waals surface area contributed by atoms with Crippen molar-refractivity contribution in [1.82, 2.24) is 9.97 Å². The van der Waals surface area contributed by atoms with Crippen LogP contribution in [0.25, 0.3) is 11.3 Å². The lowest BCUT2D eigenvalue weighted by Gasteiger charge is -2.06. The van der Waals surface area contributed by atoms with E-state index in [2.05, 4.69) is 36.4 Å². The Morgan fingerprint density at radius 2 is 2.04 bits per heavy atom. The van der Waals surface area contributed by atoms with Crippen LogP contribution in [0.1, 0.15) is 11.1 Å². The molecule has 0 aliphatic rings. The lowest BCUT2D eigenvalue weighted by atomic mass is 10.1. The Bertz CT molecular complexity index is 1130. The molecule has 1 heterocycles. The summed E-state index contributed by atoms with van der Waals surface area (Å²) in [6.45, 7) is 0. The van der Waals surface area contributed by atoms with Crippen LogP contribution in [-0.2, 0) is 0 Å². The van der Waals surface area contributed by atoms with Crippen molar-refractivity contribution in [3.05, 3.63) is 79.3 Å². The van der Waals surface area contributed by atoms with E-state index in [1.807, 2.05) is 12.1 Å². The van der Waals surface area contributed by atoms with Gasteiger partial charge in [0.1, 0.15) is 17.4 Å². The minimum Gasteiger partial charge on any atom is -0.290 e. The van der Waals surface area contributed by atoms with Gasteiger partial charge >= 0.3 is 0 Å². The highest BCUT2D eigenvalue weighted by Crippen LogP contribution is 2.27. The third-order valence-electron chi connectivity index (χ3n) is 3.52. The maximum atomic E-state index is 14.1. The van der Waals surface area contributed by atoms with Crippen molar-refractivity contribution >= 4 is 39.7 Å². The minimum absolute atomic E-state index is 0.0162. The van der Waals surface area contributed by atoms with E-state index in [9.17, 15) is 14.4 Å². The summed E-state index contributed by atoms with van der Waals surface area (Å²) in [7, 11) is 0. The summed E-state index contributed by atoms with van der Waals surface area (Å²) in [5.41, 5.74) is 2.83. The molecular weight excluding hydrogens is 437 g/mol. The third kappa shape index (κ3) is 4.05. The number of anilines is 1. The number of benzene rings is 2. The molecule has 2 N–H and O–H groups in total. The highest BCUT2D eigenvalue weighted by molar-refractivity contribution is 9.10. The first kappa shape index (κ1) is 18.8. The van der Waals surface area contributed by atoms with Crippen LogP contribution in [0.5, 0.6) is 0 Å². The average molecular weight is 447 g/mol. The van der Waals surface area contributed by atoms with Gasteiger partial charge in [-0.25, -0.2) is 14.8 Å². The Balaban J connectivity index is 1.93. The smallest absolute Gasteiger partial charge is 0.270 e. The summed E-state index contributed by atoms with van der Waals surface area (Å²) in [4.78, 5) is 18.8. The number of nitrogens with one attached hydrogen (secondary N) is 2. The molecule has 0 saturated carbocycles. The number of aromatic nitrogens is 2. The van der Waals surface area contributed by atoms with Gasteiger partial charge in [0.25, 0.3) is 5.56 Å². The highest BCUT2D eigenvalue weighted by Gasteiger charge is 2.13. The Labute approximate surface area is 166 Å². The van der Waals surface area contributed by atoms with E-state index in [-0.39, 0.29) is 32.3 Å². The molecule has 0 amide bonds. The molecule has 27 heavy (non-hydrogen) atoms. The van der Waals surface area contributed by atoms with Gasteiger partial charge in [0, 0.05) is 11.1 Å². The molecule has 0 aliphatic carbocycles. The number of hydrazone groups is 1. The van der Waals surface area contributed by atoms with Crippen LogP contribution >= 0.6 is 27.5 Å². The zero-order valence-corrected chi connectivity index (χ0v) is 15.8. The molecule has 0 unspecified atom stereocenters. The number of hydrogen-bond acceptors (Lipinski definition) is 5. The normalized spacial score (nSPS) is 10.7. The molecule has 0 atom stereocenters. The van der Waals surface area contributed by atoms with Crippen LogP contribution in [0.15, 0.2) is 56.8 Å². The number of rotatable bonds is 4. The van der Waals surface area contributed by atoms with Gasteiger partial charge in [-0.3, -0.25) is 9.78 Å². The van der Waals surface area contributed by atoms with E-state index >= 15 is 0 Å². The Morgan fingerprint density at radius 1 is 1.30 bits per heavy atom. The summed E-state index contributed by atoms with van der Waals surface area (Å²) in [5, 5.41) is 13.4. The lowest BCUT2D eigenvalue weighted by molar-refractivity contribution is 0.619. The van der Waals surface area contributed by atoms with Crippen molar-refractivity contribution in [3.63, 3.8) is 0 Å². The van der Waals surface area contributed by atoms with Crippen molar-refractivity contribution in [2.75, 3.05) is 5.43 Å². The summed E-state index contributed by atoms with van der Waals surface area (Å²) in [6, 6.07) is 13.6. The van der Waals surface area contributed by atoms with Crippen LogP contribution in [0.3, 0.4) is 0 Å². The SMILES string of the molecule is N#Cc1c(-c2ccccc2)nc(NN=Cc2ccc(Cl)c(Br)c2F)[nH]c1=O. The Hall–Kier alpha value is -3.02. The van der Waals surface area contributed by atoms with Crippen LogP contribution < -0.4 is 11.0 Å². The number of nitrogens with zero attached hydrogens (tertiary/aromatic N) is 3. The van der Waals surface area contributed by atoms with Gasteiger partial charge in [0.05, 0.1) is 21.4 Å². The number of aromatic amines is 1. The Morgan fingerprint density at radius 3 is 2.74 bits per heavy atom. The minimum atomic E-state index is -0.607. The van der Waals surface area contributed by atoms with Gasteiger partial charge in [-0.2, -0.15) is 10.4 Å². The second-order valence-electron chi connectivity index (χ2n) is 5.25. The summed E-state index contributed by atoms with van der Waals surface area (Å²) in [5.74, 6) is -0.554. The molecule has 3 rings (SSSR count). The first-order chi connectivity index (χ1) is 13.0. The van der Waals surface area contributed by atoms with Gasteiger partial charge < -0.3 is 0 Å². The molecule has 0 bridgehead atoms. The third-order valence-corrected chi connectivity index (χ3v) is 4.84. The molecule has 0 radical (unpaired) electrons. The molecular formula is C18H10BrClFN5O. The molecule has 0 fully saturated rings. The van der Waals surface area contributed by atoms with Crippen molar-refractivity contribution < 1.29 is 4.39 Å². The van der Waals surface area contributed by atoms with E-state index in [1.165, 1.54) is 18.3 Å². The Kier molecular flexibility index (Phi) is 5.64. The van der Waals surface area contributed by atoms with Crippen molar-refractivity contribution in [1.29, 1.82) is 5.26 Å². The van der Waals surface area contributed by atoms with E-state index in [0.717, 1.165) is 0 Å². The second kappa shape index (κ2) is 8.12. The summed E-state index contributed by atoms with van der Waals surface area (Å²) in [6.07, 6.45) is 1.22. The van der Waals surface area contributed by atoms with E-state index < -0.39 is 11.4 Å². The van der Waals surface area contributed by atoms with E-state index in [0.29, 0.717) is 5.56 Å².